The van der Waals surface area contributed by atoms with Crippen molar-refractivity contribution in [2.24, 2.45) is 7.05 Å². The van der Waals surface area contributed by atoms with Crippen molar-refractivity contribution in [3.8, 4) is 0 Å². The van der Waals surface area contributed by atoms with Crippen LogP contribution in [0.25, 0.3) is 21.0 Å². The van der Waals surface area contributed by atoms with Gasteiger partial charge >= 0.3 is 0 Å². The summed E-state index contributed by atoms with van der Waals surface area (Å²) in [6, 6.07) is 9.85. The summed E-state index contributed by atoms with van der Waals surface area (Å²) < 4.78 is 9.80. The molecule has 1 aliphatic rings. The van der Waals surface area contributed by atoms with E-state index in [4.69, 9.17) is 10.5 Å². The molecule has 6 nitrogen and oxygen atoms in total. The Bertz CT molecular complexity index is 1430. The maximum absolute atomic E-state index is 13.1. The number of carbonyl (C=O) groups is 1. The molecule has 1 amide bonds. The van der Waals surface area contributed by atoms with Gasteiger partial charge in [0.2, 0.25) is 0 Å². The first kappa shape index (κ1) is 21.0. The Morgan fingerprint density at radius 1 is 1.38 bits per heavy atom. The molecule has 1 atom stereocenters. The second-order valence-corrected chi connectivity index (χ2v) is 9.72. The normalized spacial score (nSPS) is 16.2. The van der Waals surface area contributed by atoms with E-state index in [1.54, 1.807) is 24.6 Å². The number of amides is 1. The van der Waals surface area contributed by atoms with Crippen LogP contribution in [0.2, 0.25) is 0 Å². The molecule has 8 heteroatoms. The van der Waals surface area contributed by atoms with Gasteiger partial charge in [-0.1, -0.05) is 24.3 Å². The Kier molecular flexibility index (Phi) is 5.42. The highest BCUT2D eigenvalue weighted by atomic mass is 127. The lowest BCUT2D eigenvalue weighted by Crippen LogP contribution is -2.27. The molecule has 1 unspecified atom stereocenters. The molecular formula is C24H21IN4O2S. The lowest BCUT2D eigenvalue weighted by atomic mass is 9.90. The molecule has 4 aromatic rings. The number of hydrogen-bond donors (Lipinski definition) is 2. The largest absolute Gasteiger partial charge is 0.495 e. The number of nitrogens with one attached hydrogen (secondary N) is 1. The number of aromatic nitrogens is 2. The molecule has 3 heterocycles. The Labute approximate surface area is 202 Å². The third-order valence-electron chi connectivity index (χ3n) is 5.86. The van der Waals surface area contributed by atoms with E-state index in [2.05, 4.69) is 44.3 Å². The highest BCUT2D eigenvalue weighted by Crippen LogP contribution is 2.40. The molecule has 0 fully saturated rings. The van der Waals surface area contributed by atoms with Crippen molar-refractivity contribution in [2.45, 2.75) is 12.3 Å². The van der Waals surface area contributed by atoms with Crippen LogP contribution in [-0.4, -0.2) is 22.6 Å². The van der Waals surface area contributed by atoms with Crippen LogP contribution < -0.4 is 11.1 Å². The number of ether oxygens (including phenoxy) is 1. The van der Waals surface area contributed by atoms with Crippen LogP contribution in [0.3, 0.4) is 0 Å². The van der Waals surface area contributed by atoms with Gasteiger partial charge in [0.1, 0.15) is 17.3 Å². The minimum Gasteiger partial charge on any atom is -0.495 e. The molecule has 3 aromatic heterocycles. The minimum atomic E-state index is -0.166. The lowest BCUT2D eigenvalue weighted by molar-refractivity contribution is 0.0954. The number of carbonyl (C=O) groups excluding carboxylic acids is 1. The summed E-state index contributed by atoms with van der Waals surface area (Å²) in [6.07, 6.45) is 6.60. The van der Waals surface area contributed by atoms with Crippen LogP contribution in [0.5, 0.6) is 0 Å². The zero-order chi connectivity index (χ0) is 22.4. The topological polar surface area (TPSA) is 82.2 Å². The second kappa shape index (κ2) is 8.25. The van der Waals surface area contributed by atoms with Crippen LogP contribution in [-0.2, 0) is 11.8 Å². The average molecular weight is 556 g/mol. The van der Waals surface area contributed by atoms with Crippen molar-refractivity contribution in [1.82, 2.24) is 14.9 Å². The van der Waals surface area contributed by atoms with E-state index < -0.39 is 0 Å². The molecule has 0 saturated carbocycles. The first-order valence-electron chi connectivity index (χ1n) is 10.1. The van der Waals surface area contributed by atoms with E-state index >= 15 is 0 Å². The number of benzene rings is 1. The highest BCUT2D eigenvalue weighted by Gasteiger charge is 2.24. The standard InChI is InChI=1S/C24H21IN4O2S/c1-29-18-6-4-3-5-14(18)9-19(29)24(30)28-17-8-7-13(10-20(17)31-2)15-12-32-22-16(25)11-27-23(26)21(15)22/h3-6,8-13H,7H2,1-2H3,(H2,26,27)(H,28,30). The number of nitrogens with zero attached hydrogens (tertiary/aromatic N) is 2. The smallest absolute Gasteiger partial charge is 0.272 e. The van der Waals surface area contributed by atoms with Gasteiger partial charge in [-0.05, 0) is 58.2 Å². The number of para-hydroxylation sites is 1. The molecule has 0 radical (unpaired) electrons. The van der Waals surface area contributed by atoms with Crippen molar-refractivity contribution in [3.05, 3.63) is 80.3 Å². The molecule has 162 valence electrons. The van der Waals surface area contributed by atoms with Gasteiger partial charge in [0, 0.05) is 39.0 Å². The Hall–Kier alpha value is -2.85. The van der Waals surface area contributed by atoms with E-state index in [1.165, 1.54) is 0 Å². The molecule has 0 spiro atoms. The van der Waals surface area contributed by atoms with Gasteiger partial charge in [0.05, 0.1) is 17.5 Å². The zero-order valence-electron chi connectivity index (χ0n) is 17.6. The fourth-order valence-corrected chi connectivity index (χ4v) is 6.05. The Morgan fingerprint density at radius 3 is 2.97 bits per heavy atom. The molecule has 0 aliphatic heterocycles. The number of fused-ring (bicyclic) bond motifs is 2. The monoisotopic (exact) mass is 556 g/mol. The van der Waals surface area contributed by atoms with Crippen molar-refractivity contribution in [1.29, 1.82) is 0 Å². The van der Waals surface area contributed by atoms with Crippen LogP contribution in [0.1, 0.15) is 28.4 Å². The van der Waals surface area contributed by atoms with Gasteiger partial charge in [-0.25, -0.2) is 4.98 Å². The number of anilines is 1. The Morgan fingerprint density at radius 2 is 2.19 bits per heavy atom. The molecule has 0 saturated heterocycles. The van der Waals surface area contributed by atoms with E-state index in [-0.39, 0.29) is 11.8 Å². The van der Waals surface area contributed by atoms with Crippen LogP contribution in [0, 0.1) is 3.57 Å². The van der Waals surface area contributed by atoms with Crippen LogP contribution >= 0.6 is 33.9 Å². The number of allylic oxidation sites excluding steroid dienone is 2. The molecule has 5 rings (SSSR count). The number of hydrogen-bond acceptors (Lipinski definition) is 5. The van der Waals surface area contributed by atoms with Crippen molar-refractivity contribution in [3.63, 3.8) is 0 Å². The van der Waals surface area contributed by atoms with E-state index in [0.717, 1.165) is 36.5 Å². The van der Waals surface area contributed by atoms with Gasteiger partial charge in [-0.15, -0.1) is 11.3 Å². The summed E-state index contributed by atoms with van der Waals surface area (Å²) in [7, 11) is 3.52. The molecule has 32 heavy (non-hydrogen) atoms. The van der Waals surface area contributed by atoms with E-state index in [9.17, 15) is 4.79 Å². The molecule has 1 aromatic carbocycles. The molecule has 1 aliphatic carbocycles. The maximum atomic E-state index is 13.1. The van der Waals surface area contributed by atoms with Crippen molar-refractivity contribution >= 4 is 66.6 Å². The Balaban J connectivity index is 1.43. The first-order chi connectivity index (χ1) is 15.5. The second-order valence-electron chi connectivity index (χ2n) is 7.68. The van der Waals surface area contributed by atoms with Gasteiger partial charge in [0.15, 0.2) is 0 Å². The van der Waals surface area contributed by atoms with Gasteiger partial charge < -0.3 is 20.4 Å². The number of rotatable bonds is 4. The maximum Gasteiger partial charge on any atom is 0.272 e. The third kappa shape index (κ3) is 3.47. The summed E-state index contributed by atoms with van der Waals surface area (Å²) in [5.41, 5.74) is 9.65. The SMILES string of the molecule is COC1=CC(c2csc3c(I)cnc(N)c23)CC=C1NC(=O)c1cc2ccccc2n1C. The third-order valence-corrected chi connectivity index (χ3v) is 8.07. The quantitative estimate of drug-likeness (QED) is 0.334. The molecular weight excluding hydrogens is 535 g/mol. The van der Waals surface area contributed by atoms with Crippen molar-refractivity contribution < 1.29 is 9.53 Å². The van der Waals surface area contributed by atoms with Crippen LogP contribution in [0.15, 0.2) is 65.5 Å². The van der Waals surface area contributed by atoms with E-state index in [0.29, 0.717) is 23.0 Å². The van der Waals surface area contributed by atoms with Gasteiger partial charge in [0.25, 0.3) is 5.91 Å². The predicted molar refractivity (Wildman–Crippen MR) is 138 cm³/mol. The number of thiophene rings is 1. The fraction of sp³-hybridized carbons (Fsp3) is 0.167. The van der Waals surface area contributed by atoms with Gasteiger partial charge in [-0.2, -0.15) is 0 Å². The van der Waals surface area contributed by atoms with Crippen molar-refractivity contribution in [2.75, 3.05) is 12.8 Å². The summed E-state index contributed by atoms with van der Waals surface area (Å²) in [5, 5.41) is 7.22. The van der Waals surface area contributed by atoms with E-state index in [1.807, 2.05) is 48.0 Å². The predicted octanol–water partition coefficient (Wildman–Crippen LogP) is 5.31. The number of methoxy groups -OCH3 is 1. The molecule has 0 bridgehead atoms. The number of nitrogens with two attached hydrogens (primary N) is 1. The number of halogens is 1. The summed E-state index contributed by atoms with van der Waals surface area (Å²) >= 11 is 3.97. The summed E-state index contributed by atoms with van der Waals surface area (Å²) in [5.74, 6) is 1.12. The van der Waals surface area contributed by atoms with Crippen LogP contribution in [0.4, 0.5) is 5.82 Å². The highest BCUT2D eigenvalue weighted by molar-refractivity contribution is 14.1. The fourth-order valence-electron chi connectivity index (χ4n) is 4.22. The number of pyridine rings is 1. The number of nitrogen functional groups attached to an aromatic ring is 1. The summed E-state index contributed by atoms with van der Waals surface area (Å²) in [4.78, 5) is 17.4. The lowest BCUT2D eigenvalue weighted by Gasteiger charge is -2.22. The number of aryl methyl sites for hydroxylation is 1. The first-order valence-corrected chi connectivity index (χ1v) is 12.1. The minimum absolute atomic E-state index is 0.0966. The summed E-state index contributed by atoms with van der Waals surface area (Å²) in [6.45, 7) is 0. The molecule has 3 N–H and O–H groups in total. The average Bonchev–Trinajstić information content (AvgIpc) is 3.40. The van der Waals surface area contributed by atoms with Gasteiger partial charge in [-0.3, -0.25) is 4.79 Å². The zero-order valence-corrected chi connectivity index (χ0v) is 20.5.